The average Bonchev–Trinajstić information content (AvgIpc) is 2.60. The van der Waals surface area contributed by atoms with Crippen molar-refractivity contribution in [3.8, 4) is 0 Å². The fraction of sp³-hybridized carbons (Fsp3) is 0.625. The van der Waals surface area contributed by atoms with Gasteiger partial charge in [-0.3, -0.25) is 0 Å². The fourth-order valence-electron chi connectivity index (χ4n) is 2.76. The smallest absolute Gasteiger partial charge is 0.0353 e. The second-order valence-electron chi connectivity index (χ2n) is 5.58. The molecule has 0 saturated carbocycles. The zero-order valence-electron chi connectivity index (χ0n) is 12.1. The lowest BCUT2D eigenvalue weighted by atomic mass is 10.1. The van der Waals surface area contributed by atoms with Crippen LogP contribution < -0.4 is 5.32 Å². The molecule has 1 N–H and O–H groups in total. The van der Waals surface area contributed by atoms with E-state index in [0.29, 0.717) is 6.04 Å². The van der Waals surface area contributed by atoms with Gasteiger partial charge in [-0.25, -0.2) is 0 Å². The van der Waals surface area contributed by atoms with Crippen LogP contribution >= 0.6 is 22.6 Å². The van der Waals surface area contributed by atoms with Gasteiger partial charge in [0, 0.05) is 21.8 Å². The van der Waals surface area contributed by atoms with E-state index in [4.69, 9.17) is 0 Å². The molecule has 0 aromatic heterocycles. The predicted octanol–water partition coefficient (Wildman–Crippen LogP) is 4.28. The molecule has 1 aromatic carbocycles. The Hall–Kier alpha value is -0.290. The first kappa shape index (κ1) is 15.1. The summed E-state index contributed by atoms with van der Waals surface area (Å²) < 4.78 is 1.35. The van der Waals surface area contributed by atoms with Crippen molar-refractivity contribution in [1.29, 1.82) is 0 Å². The van der Waals surface area contributed by atoms with Crippen molar-refractivity contribution in [3.05, 3.63) is 27.3 Å². The molecule has 1 heterocycles. The van der Waals surface area contributed by atoms with Crippen LogP contribution in [0.25, 0.3) is 0 Å². The molecule has 0 bridgehead atoms. The summed E-state index contributed by atoms with van der Waals surface area (Å²) in [6.45, 7) is 8.22. The highest BCUT2D eigenvalue weighted by atomic mass is 127. The largest absolute Gasteiger partial charge is 0.382 e. The van der Waals surface area contributed by atoms with Gasteiger partial charge < -0.3 is 10.2 Å². The van der Waals surface area contributed by atoms with Crippen molar-refractivity contribution < 1.29 is 0 Å². The van der Waals surface area contributed by atoms with Gasteiger partial charge in [-0.05, 0) is 86.0 Å². The molecule has 0 amide bonds. The van der Waals surface area contributed by atoms with Crippen molar-refractivity contribution in [2.75, 3.05) is 25.0 Å². The van der Waals surface area contributed by atoms with Crippen molar-refractivity contribution >= 4 is 28.3 Å². The minimum atomic E-state index is 0.639. The third-order valence-electron chi connectivity index (χ3n) is 3.90. The van der Waals surface area contributed by atoms with E-state index in [2.05, 4.69) is 64.9 Å². The van der Waals surface area contributed by atoms with Gasteiger partial charge in [0.25, 0.3) is 0 Å². The summed E-state index contributed by atoms with van der Waals surface area (Å²) in [4.78, 5) is 2.61. The summed E-state index contributed by atoms with van der Waals surface area (Å²) in [5, 5.41) is 3.72. The normalized spacial score (nSPS) is 21.1. The van der Waals surface area contributed by atoms with E-state index < -0.39 is 0 Å². The molecule has 19 heavy (non-hydrogen) atoms. The van der Waals surface area contributed by atoms with Gasteiger partial charge in [0.15, 0.2) is 0 Å². The first-order chi connectivity index (χ1) is 9.19. The lowest BCUT2D eigenvalue weighted by molar-refractivity contribution is 0.285. The highest BCUT2D eigenvalue weighted by Crippen LogP contribution is 2.21. The van der Waals surface area contributed by atoms with Crippen LogP contribution in [0, 0.1) is 10.5 Å². The molecule has 1 saturated heterocycles. The average molecular weight is 372 g/mol. The molecule has 1 aliphatic rings. The number of hydrogen-bond donors (Lipinski definition) is 1. The van der Waals surface area contributed by atoms with Crippen LogP contribution in [0.5, 0.6) is 0 Å². The number of likely N-dealkylation sites (tertiary alicyclic amines) is 1. The summed E-state index contributed by atoms with van der Waals surface area (Å²) >= 11 is 2.42. The molecule has 1 atom stereocenters. The Morgan fingerprint density at radius 2 is 2.16 bits per heavy atom. The van der Waals surface area contributed by atoms with Crippen molar-refractivity contribution in [2.24, 2.45) is 0 Å². The highest BCUT2D eigenvalue weighted by molar-refractivity contribution is 14.1. The summed E-state index contributed by atoms with van der Waals surface area (Å²) in [5.74, 6) is 0. The van der Waals surface area contributed by atoms with E-state index in [9.17, 15) is 0 Å². The third kappa shape index (κ3) is 4.63. The van der Waals surface area contributed by atoms with Gasteiger partial charge in [0.1, 0.15) is 0 Å². The molecule has 2 nitrogen and oxygen atoms in total. The fourth-order valence-corrected chi connectivity index (χ4v) is 3.27. The Kier molecular flexibility index (Phi) is 5.95. The second kappa shape index (κ2) is 7.48. The molecule has 2 rings (SSSR count). The number of nitrogens with zero attached hydrogens (tertiary/aromatic N) is 1. The quantitative estimate of drug-likeness (QED) is 0.794. The van der Waals surface area contributed by atoms with E-state index in [1.165, 1.54) is 60.1 Å². The van der Waals surface area contributed by atoms with Gasteiger partial charge in [-0.15, -0.1) is 0 Å². The Labute approximate surface area is 131 Å². The van der Waals surface area contributed by atoms with Crippen LogP contribution in [0.3, 0.4) is 0 Å². The molecule has 1 unspecified atom stereocenters. The van der Waals surface area contributed by atoms with Gasteiger partial charge >= 0.3 is 0 Å². The molecular formula is C16H25IN2. The predicted molar refractivity (Wildman–Crippen MR) is 91.9 cm³/mol. The van der Waals surface area contributed by atoms with Crippen molar-refractivity contribution in [2.45, 2.75) is 45.6 Å². The number of anilines is 1. The maximum atomic E-state index is 3.72. The summed E-state index contributed by atoms with van der Waals surface area (Å²) in [6, 6.07) is 7.33. The summed E-state index contributed by atoms with van der Waals surface area (Å²) in [6.07, 6.45) is 5.16. The monoisotopic (exact) mass is 372 g/mol. The minimum absolute atomic E-state index is 0.639. The van der Waals surface area contributed by atoms with Gasteiger partial charge in [0.2, 0.25) is 0 Å². The van der Waals surface area contributed by atoms with Crippen molar-refractivity contribution in [3.63, 3.8) is 0 Å². The summed E-state index contributed by atoms with van der Waals surface area (Å²) in [5.41, 5.74) is 2.64. The third-order valence-corrected chi connectivity index (χ3v) is 5.07. The van der Waals surface area contributed by atoms with Crippen molar-refractivity contribution in [1.82, 2.24) is 4.90 Å². The van der Waals surface area contributed by atoms with Crippen LogP contribution in [0.2, 0.25) is 0 Å². The minimum Gasteiger partial charge on any atom is -0.382 e. The van der Waals surface area contributed by atoms with Crippen LogP contribution in [-0.4, -0.2) is 30.6 Å². The first-order valence-electron chi connectivity index (χ1n) is 7.44. The van der Waals surface area contributed by atoms with Crippen LogP contribution in [0.15, 0.2) is 18.2 Å². The van der Waals surface area contributed by atoms with Gasteiger partial charge in [0.05, 0.1) is 0 Å². The van der Waals surface area contributed by atoms with E-state index in [1.807, 2.05) is 0 Å². The number of aryl methyl sites for hydroxylation is 1. The van der Waals surface area contributed by atoms with E-state index in [0.717, 1.165) is 0 Å². The molecule has 106 valence electrons. The van der Waals surface area contributed by atoms with E-state index in [-0.39, 0.29) is 0 Å². The molecule has 3 heteroatoms. The van der Waals surface area contributed by atoms with Crippen LogP contribution in [0.4, 0.5) is 5.69 Å². The Morgan fingerprint density at radius 3 is 2.89 bits per heavy atom. The number of hydrogen-bond acceptors (Lipinski definition) is 2. The number of rotatable bonds is 4. The highest BCUT2D eigenvalue weighted by Gasteiger charge is 2.16. The molecule has 0 aliphatic carbocycles. The first-order valence-corrected chi connectivity index (χ1v) is 8.52. The molecule has 0 radical (unpaired) electrons. The SMILES string of the molecule is CCCN1CCCC(Nc2ccc(C)c(I)c2)CC1. The molecular weight excluding hydrogens is 347 g/mol. The topological polar surface area (TPSA) is 15.3 Å². The molecule has 1 aliphatic heterocycles. The zero-order valence-corrected chi connectivity index (χ0v) is 14.2. The maximum Gasteiger partial charge on any atom is 0.0353 e. The van der Waals surface area contributed by atoms with E-state index in [1.54, 1.807) is 0 Å². The lowest BCUT2D eigenvalue weighted by Gasteiger charge is -2.20. The second-order valence-corrected chi connectivity index (χ2v) is 6.74. The lowest BCUT2D eigenvalue weighted by Crippen LogP contribution is -2.27. The Bertz CT molecular complexity index is 406. The standard InChI is InChI=1S/C16H25IN2/c1-3-9-19-10-4-5-14(8-11-19)18-15-7-6-13(2)16(17)12-15/h6-7,12,14,18H,3-5,8-11H2,1-2H3. The maximum absolute atomic E-state index is 3.72. The molecule has 1 fully saturated rings. The summed E-state index contributed by atoms with van der Waals surface area (Å²) in [7, 11) is 0. The van der Waals surface area contributed by atoms with E-state index >= 15 is 0 Å². The zero-order chi connectivity index (χ0) is 13.7. The number of benzene rings is 1. The Morgan fingerprint density at radius 1 is 1.32 bits per heavy atom. The van der Waals surface area contributed by atoms with Gasteiger partial charge in [-0.1, -0.05) is 13.0 Å². The molecule has 0 spiro atoms. The Balaban J connectivity index is 1.90. The number of nitrogens with one attached hydrogen (secondary N) is 1. The van der Waals surface area contributed by atoms with Crippen LogP contribution in [0.1, 0.15) is 38.2 Å². The van der Waals surface area contributed by atoms with Crippen LogP contribution in [-0.2, 0) is 0 Å². The van der Waals surface area contributed by atoms with Gasteiger partial charge in [-0.2, -0.15) is 0 Å². The number of halogens is 1. The molecule has 1 aromatic rings.